The molecule has 8 heteroatoms. The van der Waals surface area contributed by atoms with Gasteiger partial charge in [0.05, 0.1) is 17.2 Å². The van der Waals surface area contributed by atoms with Gasteiger partial charge in [-0.25, -0.2) is 4.79 Å². The Balaban J connectivity index is 2.21. The Morgan fingerprint density at radius 3 is 2.27 bits per heavy atom. The van der Waals surface area contributed by atoms with Crippen molar-refractivity contribution in [3.63, 3.8) is 0 Å². The Labute approximate surface area is 146 Å². The van der Waals surface area contributed by atoms with Crippen LogP contribution < -0.4 is 5.32 Å². The summed E-state index contributed by atoms with van der Waals surface area (Å²) in [6.45, 7) is 0. The van der Waals surface area contributed by atoms with Crippen molar-refractivity contribution in [3.8, 4) is 6.07 Å². The normalized spacial score (nSPS) is 12.1. The summed E-state index contributed by atoms with van der Waals surface area (Å²) in [6.07, 6.45) is -5.15. The molecule has 134 valence electrons. The second-order valence-electron chi connectivity index (χ2n) is 5.41. The van der Waals surface area contributed by atoms with Crippen molar-refractivity contribution in [2.45, 2.75) is 18.6 Å². The zero-order chi connectivity index (χ0) is 19.3. The first-order valence-electron chi connectivity index (χ1n) is 7.41. The number of hydrogen-bond donors (Lipinski definition) is 2. The molecule has 0 heterocycles. The van der Waals surface area contributed by atoms with Crippen LogP contribution in [0, 0.1) is 11.3 Å². The molecule has 0 radical (unpaired) electrons. The maximum atomic E-state index is 13.0. The van der Waals surface area contributed by atoms with Gasteiger partial charge in [-0.1, -0.05) is 18.2 Å². The van der Waals surface area contributed by atoms with Gasteiger partial charge in [0.15, 0.2) is 0 Å². The van der Waals surface area contributed by atoms with Gasteiger partial charge in [0.1, 0.15) is 6.04 Å². The molecule has 5 nitrogen and oxygen atoms in total. The van der Waals surface area contributed by atoms with E-state index in [9.17, 15) is 27.9 Å². The highest BCUT2D eigenvalue weighted by molar-refractivity contribution is 5.96. The minimum Gasteiger partial charge on any atom is -0.480 e. The van der Waals surface area contributed by atoms with Crippen LogP contribution in [0.15, 0.2) is 48.5 Å². The number of carboxylic acid groups (broad SMARTS) is 1. The number of rotatable bonds is 5. The Morgan fingerprint density at radius 1 is 1.12 bits per heavy atom. The van der Waals surface area contributed by atoms with E-state index in [1.54, 1.807) is 0 Å². The Kier molecular flexibility index (Phi) is 5.62. The van der Waals surface area contributed by atoms with Crippen molar-refractivity contribution in [3.05, 3.63) is 70.8 Å². The highest BCUT2D eigenvalue weighted by Crippen LogP contribution is 2.32. The standard InChI is InChI=1S/C18H13F3N2O3/c19-18(20,21)14-4-2-1-3-13(14)9-15(17(25)26)23-16(24)12-7-5-11(10-22)6-8-12/h1-8,15H,9H2,(H,23,24)(H,25,26)/t15-/m1/s1. The molecule has 0 aromatic heterocycles. The number of amides is 1. The second kappa shape index (κ2) is 7.70. The molecule has 2 N–H and O–H groups in total. The molecular formula is C18H13F3N2O3. The predicted molar refractivity (Wildman–Crippen MR) is 85.2 cm³/mol. The monoisotopic (exact) mass is 362 g/mol. The molecular weight excluding hydrogens is 349 g/mol. The van der Waals surface area contributed by atoms with Crippen LogP contribution in [-0.4, -0.2) is 23.0 Å². The van der Waals surface area contributed by atoms with E-state index in [0.29, 0.717) is 5.56 Å². The van der Waals surface area contributed by atoms with Crippen molar-refractivity contribution >= 4 is 11.9 Å². The number of alkyl halides is 3. The molecule has 1 amide bonds. The van der Waals surface area contributed by atoms with E-state index in [0.717, 1.165) is 6.07 Å². The van der Waals surface area contributed by atoms with E-state index in [1.165, 1.54) is 42.5 Å². The number of carbonyl (C=O) groups is 2. The highest BCUT2D eigenvalue weighted by atomic mass is 19.4. The molecule has 0 fully saturated rings. The summed E-state index contributed by atoms with van der Waals surface area (Å²) in [7, 11) is 0. The van der Waals surface area contributed by atoms with Crippen LogP contribution in [0.1, 0.15) is 27.0 Å². The minimum absolute atomic E-state index is 0.0966. The minimum atomic E-state index is -4.63. The zero-order valence-electron chi connectivity index (χ0n) is 13.2. The Bertz CT molecular complexity index is 855. The van der Waals surface area contributed by atoms with Gasteiger partial charge in [-0.05, 0) is 35.9 Å². The number of carbonyl (C=O) groups excluding carboxylic acids is 1. The third-order valence-corrected chi connectivity index (χ3v) is 3.63. The lowest BCUT2D eigenvalue weighted by atomic mass is 9.99. The van der Waals surface area contributed by atoms with Gasteiger partial charge in [-0.3, -0.25) is 4.79 Å². The summed E-state index contributed by atoms with van der Waals surface area (Å²) in [5, 5.41) is 20.2. The molecule has 0 spiro atoms. The fourth-order valence-electron chi connectivity index (χ4n) is 2.33. The number of aliphatic carboxylic acids is 1. The molecule has 0 saturated heterocycles. The number of nitrogens with zero attached hydrogens (tertiary/aromatic N) is 1. The van der Waals surface area contributed by atoms with E-state index in [4.69, 9.17) is 5.26 Å². The van der Waals surface area contributed by atoms with Crippen LogP contribution in [0.25, 0.3) is 0 Å². The molecule has 0 bridgehead atoms. The van der Waals surface area contributed by atoms with Gasteiger partial charge < -0.3 is 10.4 Å². The fourth-order valence-corrected chi connectivity index (χ4v) is 2.33. The molecule has 26 heavy (non-hydrogen) atoms. The highest BCUT2D eigenvalue weighted by Gasteiger charge is 2.34. The van der Waals surface area contributed by atoms with Crippen molar-refractivity contribution in [1.29, 1.82) is 5.26 Å². The fraction of sp³-hybridized carbons (Fsp3) is 0.167. The second-order valence-corrected chi connectivity index (χ2v) is 5.41. The van der Waals surface area contributed by atoms with Gasteiger partial charge in [0.2, 0.25) is 0 Å². The third-order valence-electron chi connectivity index (χ3n) is 3.63. The van der Waals surface area contributed by atoms with Crippen molar-refractivity contribution < 1.29 is 27.9 Å². The molecule has 2 aromatic carbocycles. The van der Waals surface area contributed by atoms with Gasteiger partial charge in [-0.2, -0.15) is 18.4 Å². The first-order chi connectivity index (χ1) is 12.2. The average molecular weight is 362 g/mol. The third kappa shape index (κ3) is 4.60. The molecule has 1 atom stereocenters. The summed E-state index contributed by atoms with van der Waals surface area (Å²) in [4.78, 5) is 23.5. The smallest absolute Gasteiger partial charge is 0.416 e. The molecule has 2 rings (SSSR count). The zero-order valence-corrected chi connectivity index (χ0v) is 13.2. The summed E-state index contributed by atoms with van der Waals surface area (Å²) < 4.78 is 39.1. The number of nitriles is 1. The van der Waals surface area contributed by atoms with Gasteiger partial charge >= 0.3 is 12.1 Å². The largest absolute Gasteiger partial charge is 0.480 e. The van der Waals surface area contributed by atoms with E-state index in [2.05, 4.69) is 5.32 Å². The van der Waals surface area contributed by atoms with Crippen LogP contribution in [0.5, 0.6) is 0 Å². The predicted octanol–water partition coefficient (Wildman–Crippen LogP) is 3.00. The SMILES string of the molecule is N#Cc1ccc(C(=O)N[C@H](Cc2ccccc2C(F)(F)F)C(=O)O)cc1. The summed E-state index contributed by atoms with van der Waals surface area (Å²) >= 11 is 0. The van der Waals surface area contributed by atoms with E-state index in [1.807, 2.05) is 6.07 Å². The van der Waals surface area contributed by atoms with E-state index in [-0.39, 0.29) is 11.1 Å². The van der Waals surface area contributed by atoms with Gasteiger partial charge in [0, 0.05) is 12.0 Å². The maximum absolute atomic E-state index is 13.0. The number of carboxylic acids is 1. The first-order valence-corrected chi connectivity index (χ1v) is 7.41. The van der Waals surface area contributed by atoms with Crippen molar-refractivity contribution in [1.82, 2.24) is 5.32 Å². The molecule has 0 aliphatic heterocycles. The lowest BCUT2D eigenvalue weighted by molar-refractivity contribution is -0.141. The summed E-state index contributed by atoms with van der Waals surface area (Å²) in [5.41, 5.74) is -0.763. The summed E-state index contributed by atoms with van der Waals surface area (Å²) in [6, 6.07) is 10.4. The van der Waals surface area contributed by atoms with Gasteiger partial charge in [-0.15, -0.1) is 0 Å². The summed E-state index contributed by atoms with van der Waals surface area (Å²) in [5.74, 6) is -2.21. The molecule has 0 aliphatic carbocycles. The number of halogens is 3. The van der Waals surface area contributed by atoms with Gasteiger partial charge in [0.25, 0.3) is 5.91 Å². The lowest BCUT2D eigenvalue weighted by Crippen LogP contribution is -2.42. The Hall–Kier alpha value is -3.34. The van der Waals surface area contributed by atoms with Crippen molar-refractivity contribution in [2.75, 3.05) is 0 Å². The van der Waals surface area contributed by atoms with Crippen LogP contribution >= 0.6 is 0 Å². The molecule has 0 saturated carbocycles. The topological polar surface area (TPSA) is 90.2 Å². The van der Waals surface area contributed by atoms with Crippen LogP contribution in [0.4, 0.5) is 13.2 Å². The van der Waals surface area contributed by atoms with E-state index >= 15 is 0 Å². The molecule has 2 aromatic rings. The van der Waals surface area contributed by atoms with Crippen molar-refractivity contribution in [2.24, 2.45) is 0 Å². The lowest BCUT2D eigenvalue weighted by Gasteiger charge is -2.18. The Morgan fingerprint density at radius 2 is 1.73 bits per heavy atom. The maximum Gasteiger partial charge on any atom is 0.416 e. The van der Waals surface area contributed by atoms with Crippen LogP contribution in [-0.2, 0) is 17.4 Å². The molecule has 0 unspecified atom stereocenters. The number of nitrogens with one attached hydrogen (secondary N) is 1. The first kappa shape index (κ1) is 19.0. The molecule has 0 aliphatic rings. The average Bonchev–Trinajstić information content (AvgIpc) is 2.60. The van der Waals surface area contributed by atoms with Crippen LogP contribution in [0.2, 0.25) is 0 Å². The number of benzene rings is 2. The quantitative estimate of drug-likeness (QED) is 0.856. The number of hydrogen-bond acceptors (Lipinski definition) is 3. The van der Waals surface area contributed by atoms with Crippen LogP contribution in [0.3, 0.4) is 0 Å². The van der Waals surface area contributed by atoms with E-state index < -0.39 is 36.1 Å².